The van der Waals surface area contributed by atoms with E-state index in [0.717, 1.165) is 5.56 Å². The normalized spacial score (nSPS) is 19.5. The second-order valence-corrected chi connectivity index (χ2v) is 7.22. The number of aliphatic hydroxyl groups is 1. The number of fused-ring (bicyclic) bond motifs is 1. The van der Waals surface area contributed by atoms with E-state index in [9.17, 15) is 9.90 Å². The average Bonchev–Trinajstić information content (AvgIpc) is 3.36. The maximum absolute atomic E-state index is 12.3. The molecule has 30 heavy (non-hydrogen) atoms. The van der Waals surface area contributed by atoms with E-state index in [1.165, 1.54) is 11.1 Å². The van der Waals surface area contributed by atoms with Gasteiger partial charge < -0.3 is 20.2 Å². The highest BCUT2D eigenvalue weighted by molar-refractivity contribution is 5.88. The third-order valence-corrected chi connectivity index (χ3v) is 5.29. The molecule has 0 unspecified atom stereocenters. The fraction of sp³-hybridized carbons (Fsp3) is 0.190. The number of carbonyl (C=O) groups is 1. The van der Waals surface area contributed by atoms with Crippen molar-refractivity contribution in [1.29, 1.82) is 0 Å². The Labute approximate surface area is 172 Å². The Balaban J connectivity index is 1.51. The summed E-state index contributed by atoms with van der Waals surface area (Å²) >= 11 is 0. The Morgan fingerprint density at radius 1 is 1.23 bits per heavy atom. The highest BCUT2D eigenvalue weighted by Gasteiger charge is 2.48. The largest absolute Gasteiger partial charge is 0.438 e. The first-order valence-electron chi connectivity index (χ1n) is 9.81. The summed E-state index contributed by atoms with van der Waals surface area (Å²) in [5, 5.41) is 10.8. The van der Waals surface area contributed by atoms with Gasteiger partial charge in [-0.05, 0) is 24.3 Å². The molecule has 5 rings (SSSR count). The molecule has 0 saturated carbocycles. The predicted octanol–water partition coefficient (Wildman–Crippen LogP) is 1.98. The molecule has 9 heteroatoms. The topological polar surface area (TPSA) is 131 Å². The molecule has 0 aliphatic carbocycles. The maximum Gasteiger partial charge on any atom is 0.262 e. The van der Waals surface area contributed by atoms with E-state index in [0.29, 0.717) is 28.8 Å². The number of nitrogens with zero attached hydrogens (tertiary/aromatic N) is 5. The number of anilines is 1. The second kappa shape index (κ2) is 6.60. The van der Waals surface area contributed by atoms with Crippen LogP contribution in [-0.4, -0.2) is 49.4 Å². The highest BCUT2D eigenvalue weighted by atomic mass is 16.4. The third-order valence-electron chi connectivity index (χ3n) is 5.29. The van der Waals surface area contributed by atoms with Crippen LogP contribution in [0.3, 0.4) is 0 Å². The van der Waals surface area contributed by atoms with E-state index < -0.39 is 11.5 Å². The summed E-state index contributed by atoms with van der Waals surface area (Å²) in [5.41, 5.74) is 7.22. The lowest BCUT2D eigenvalue weighted by atomic mass is 10.0. The number of aromatic nitrogens is 4. The Hall–Kier alpha value is -3.85. The Morgan fingerprint density at radius 2 is 2.07 bits per heavy atom. The lowest BCUT2D eigenvalue weighted by Crippen LogP contribution is -2.35. The summed E-state index contributed by atoms with van der Waals surface area (Å²) in [6.07, 6.45) is 1.49. The molecular weight excluding hydrogens is 384 g/mol. The molecule has 3 aromatic heterocycles. The number of pyridine rings is 1. The van der Waals surface area contributed by atoms with Crippen molar-refractivity contribution < 1.29 is 15.7 Å². The predicted molar refractivity (Wildman–Crippen MR) is 109 cm³/mol. The zero-order valence-corrected chi connectivity index (χ0v) is 16.0. The lowest BCUT2D eigenvalue weighted by Gasteiger charge is -2.17. The van der Waals surface area contributed by atoms with Crippen molar-refractivity contribution >= 4 is 22.8 Å². The minimum atomic E-state index is -1.69. The second-order valence-electron chi connectivity index (χ2n) is 7.22. The van der Waals surface area contributed by atoms with Gasteiger partial charge in [0.25, 0.3) is 5.91 Å². The molecule has 150 valence electrons. The number of rotatable bonds is 3. The van der Waals surface area contributed by atoms with E-state index in [4.69, 9.17) is 11.5 Å². The van der Waals surface area contributed by atoms with Crippen molar-refractivity contribution in [3.05, 3.63) is 54.7 Å². The number of hydrogen-bond acceptors (Lipinski definition) is 8. The zero-order chi connectivity index (χ0) is 21.8. The molecular formula is C21H18N6O3. The van der Waals surface area contributed by atoms with Crippen LogP contribution in [0.25, 0.3) is 33.7 Å². The number of oxazole rings is 1. The van der Waals surface area contributed by atoms with E-state index in [1.807, 2.05) is 24.3 Å². The highest BCUT2D eigenvalue weighted by Crippen LogP contribution is 2.35. The van der Waals surface area contributed by atoms with Gasteiger partial charge in [0.2, 0.25) is 11.5 Å². The molecule has 4 aromatic rings. The maximum atomic E-state index is 12.3. The molecule has 0 bridgehead atoms. The summed E-state index contributed by atoms with van der Waals surface area (Å²) in [6.45, 7) is 0.447. The summed E-state index contributed by atoms with van der Waals surface area (Å²) in [5.74, 6) is 0.155. The lowest BCUT2D eigenvalue weighted by molar-refractivity contribution is -0.144. The number of benzene rings is 1. The smallest absolute Gasteiger partial charge is 0.262 e. The van der Waals surface area contributed by atoms with Crippen LogP contribution in [0.2, 0.25) is 0 Å². The van der Waals surface area contributed by atoms with Gasteiger partial charge >= 0.3 is 0 Å². The fourth-order valence-electron chi connectivity index (χ4n) is 3.57. The molecule has 1 atom stereocenters. The molecule has 1 aliphatic rings. The Bertz CT molecular complexity index is 1340. The van der Waals surface area contributed by atoms with Crippen LogP contribution in [0, 0.1) is 0 Å². The quantitative estimate of drug-likeness (QED) is 0.531. The first kappa shape index (κ1) is 17.0. The van der Waals surface area contributed by atoms with Crippen molar-refractivity contribution in [2.75, 3.05) is 19.3 Å². The van der Waals surface area contributed by atoms with Gasteiger partial charge in [0.15, 0.2) is 11.6 Å². The SMILES string of the molecule is [2H]c1nc(N)c2nc(-c3cccc(-c4ncc([C@@]5(O)CCN(C)C5=O)o4)c3)ccc2n1. The van der Waals surface area contributed by atoms with Crippen LogP contribution < -0.4 is 5.73 Å². The van der Waals surface area contributed by atoms with Crippen LogP contribution in [0.5, 0.6) is 0 Å². The number of likely N-dealkylation sites (N-methyl/N-ethyl adjacent to an activating group) is 1. The van der Waals surface area contributed by atoms with Crippen molar-refractivity contribution in [2.24, 2.45) is 0 Å². The molecule has 1 amide bonds. The van der Waals surface area contributed by atoms with Crippen LogP contribution in [0.15, 0.2) is 53.3 Å². The minimum Gasteiger partial charge on any atom is -0.438 e. The van der Waals surface area contributed by atoms with Gasteiger partial charge in [-0.3, -0.25) is 4.79 Å². The molecule has 0 radical (unpaired) electrons. The molecule has 1 fully saturated rings. The number of likely N-dealkylation sites (tertiary alicyclic amines) is 1. The summed E-state index contributed by atoms with van der Waals surface area (Å²) < 4.78 is 13.4. The summed E-state index contributed by atoms with van der Waals surface area (Å²) in [7, 11) is 1.64. The van der Waals surface area contributed by atoms with Gasteiger partial charge in [0, 0.05) is 31.1 Å². The zero-order valence-electron chi connectivity index (χ0n) is 17.0. The minimum absolute atomic E-state index is 0.127. The van der Waals surface area contributed by atoms with Gasteiger partial charge in [-0.1, -0.05) is 12.1 Å². The molecule has 3 N–H and O–H groups in total. The Morgan fingerprint density at radius 3 is 2.87 bits per heavy atom. The summed E-state index contributed by atoms with van der Waals surface area (Å²) in [4.78, 5) is 30.5. The first-order chi connectivity index (χ1) is 14.8. The van der Waals surface area contributed by atoms with Gasteiger partial charge in [-0.25, -0.2) is 19.9 Å². The van der Waals surface area contributed by atoms with Gasteiger partial charge in [-0.2, -0.15) is 0 Å². The Kier molecular flexibility index (Phi) is 3.75. The van der Waals surface area contributed by atoms with Crippen LogP contribution >= 0.6 is 0 Å². The first-order valence-corrected chi connectivity index (χ1v) is 9.31. The monoisotopic (exact) mass is 403 g/mol. The standard InChI is InChI=1S/C21H18N6O3/c1-27-8-7-21(29,20(27)28)16-10-23-19(30-16)13-4-2-3-12(9-13)14-5-6-15-17(26-14)18(22)25-11-24-15/h2-6,9-11,29H,7-8H2,1H3,(H2,22,24,25)/t21-/m0/s1/i11D. The number of hydrogen-bond donors (Lipinski definition) is 2. The number of nitrogens with two attached hydrogens (primary N) is 1. The summed E-state index contributed by atoms with van der Waals surface area (Å²) in [6, 6.07) is 10.9. The molecule has 9 nitrogen and oxygen atoms in total. The van der Waals surface area contributed by atoms with Crippen molar-refractivity contribution in [3.63, 3.8) is 0 Å². The molecule has 4 heterocycles. The van der Waals surface area contributed by atoms with E-state index >= 15 is 0 Å². The third kappa shape index (κ3) is 2.79. The number of carbonyl (C=O) groups excluding carboxylic acids is 1. The number of nitrogen functional groups attached to an aromatic ring is 1. The van der Waals surface area contributed by atoms with Crippen molar-refractivity contribution in [1.82, 2.24) is 24.8 Å². The van der Waals surface area contributed by atoms with E-state index in [1.54, 1.807) is 19.2 Å². The van der Waals surface area contributed by atoms with Gasteiger partial charge in [-0.15, -0.1) is 0 Å². The van der Waals surface area contributed by atoms with Gasteiger partial charge in [0.1, 0.15) is 13.2 Å². The van der Waals surface area contributed by atoms with Crippen molar-refractivity contribution in [2.45, 2.75) is 12.0 Å². The van der Waals surface area contributed by atoms with E-state index in [2.05, 4.69) is 19.9 Å². The van der Waals surface area contributed by atoms with Crippen LogP contribution in [-0.2, 0) is 10.4 Å². The van der Waals surface area contributed by atoms with E-state index in [-0.39, 0.29) is 30.2 Å². The molecule has 1 aliphatic heterocycles. The number of amides is 1. The molecule has 0 spiro atoms. The average molecular weight is 403 g/mol. The van der Waals surface area contributed by atoms with Crippen molar-refractivity contribution in [3.8, 4) is 22.7 Å². The molecule has 1 saturated heterocycles. The fourth-order valence-corrected chi connectivity index (χ4v) is 3.57. The van der Waals surface area contributed by atoms with Crippen LogP contribution in [0.4, 0.5) is 5.82 Å². The van der Waals surface area contributed by atoms with Crippen LogP contribution in [0.1, 0.15) is 13.6 Å². The van der Waals surface area contributed by atoms with Gasteiger partial charge in [0.05, 0.1) is 17.4 Å². The molecule has 1 aromatic carbocycles.